The van der Waals surface area contributed by atoms with E-state index in [1.807, 2.05) is 6.92 Å². The highest BCUT2D eigenvalue weighted by Crippen LogP contribution is 2.19. The molecular weight excluding hydrogens is 433 g/mol. The lowest BCUT2D eigenvalue weighted by Crippen LogP contribution is -2.43. The molecule has 0 spiro atoms. The average Bonchev–Trinajstić information content (AvgIpc) is 2.53. The third-order valence-corrected chi connectivity index (χ3v) is 2.85. The molecule has 0 radical (unpaired) electrons. The Morgan fingerprint density at radius 2 is 1.96 bits per heavy atom. The van der Waals surface area contributed by atoms with Gasteiger partial charge in [-0.2, -0.15) is 8.78 Å². The Hall–Kier alpha value is -1.65. The standard InChI is InChI=1S/C15H22F2N4O2.HI/c1-3-8-19-13(22)10-21-15(18-2)20-9-11-6-4-5-7-12(11)23-14(16)17;/h4-7,14H,3,8-10H2,1-2H3,(H,19,22)(H2,18,20,21);1H. The van der Waals surface area contributed by atoms with E-state index in [4.69, 9.17) is 0 Å². The van der Waals surface area contributed by atoms with Crippen molar-refractivity contribution in [1.29, 1.82) is 0 Å². The van der Waals surface area contributed by atoms with Gasteiger partial charge in [0, 0.05) is 25.7 Å². The van der Waals surface area contributed by atoms with Crippen LogP contribution in [0.3, 0.4) is 0 Å². The maximum absolute atomic E-state index is 12.4. The lowest BCUT2D eigenvalue weighted by molar-refractivity contribution is -0.120. The minimum atomic E-state index is -2.88. The van der Waals surface area contributed by atoms with Gasteiger partial charge in [0.2, 0.25) is 5.91 Å². The van der Waals surface area contributed by atoms with Crippen LogP contribution in [0.1, 0.15) is 18.9 Å². The number of para-hydroxylation sites is 1. The van der Waals surface area contributed by atoms with Gasteiger partial charge in [0.15, 0.2) is 5.96 Å². The van der Waals surface area contributed by atoms with E-state index in [9.17, 15) is 13.6 Å². The van der Waals surface area contributed by atoms with E-state index >= 15 is 0 Å². The summed E-state index contributed by atoms with van der Waals surface area (Å²) in [5, 5.41) is 8.52. The zero-order valence-electron chi connectivity index (χ0n) is 13.6. The zero-order valence-corrected chi connectivity index (χ0v) is 16.0. The van der Waals surface area contributed by atoms with Crippen molar-refractivity contribution in [2.75, 3.05) is 20.1 Å². The topological polar surface area (TPSA) is 74.8 Å². The van der Waals surface area contributed by atoms with E-state index in [1.165, 1.54) is 6.07 Å². The molecule has 1 aromatic rings. The number of rotatable bonds is 8. The fourth-order valence-electron chi connectivity index (χ4n) is 1.75. The van der Waals surface area contributed by atoms with Gasteiger partial charge in [-0.25, -0.2) is 0 Å². The van der Waals surface area contributed by atoms with Crippen LogP contribution < -0.4 is 20.7 Å². The number of hydrogen-bond donors (Lipinski definition) is 3. The van der Waals surface area contributed by atoms with Gasteiger partial charge in [-0.1, -0.05) is 25.1 Å². The lowest BCUT2D eigenvalue weighted by Gasteiger charge is -2.14. The van der Waals surface area contributed by atoms with Crippen molar-refractivity contribution in [1.82, 2.24) is 16.0 Å². The summed E-state index contributed by atoms with van der Waals surface area (Å²) in [5.41, 5.74) is 0.561. The molecule has 1 rings (SSSR count). The van der Waals surface area contributed by atoms with E-state index in [0.29, 0.717) is 18.1 Å². The summed E-state index contributed by atoms with van der Waals surface area (Å²) in [5.74, 6) is 0.353. The number of nitrogens with one attached hydrogen (secondary N) is 3. The predicted molar refractivity (Wildman–Crippen MR) is 100.0 cm³/mol. The molecule has 1 amide bonds. The Kier molecular flexibility index (Phi) is 11.9. The molecule has 24 heavy (non-hydrogen) atoms. The van der Waals surface area contributed by atoms with Crippen LogP contribution >= 0.6 is 24.0 Å². The Bertz CT molecular complexity index is 530. The quantitative estimate of drug-likeness (QED) is 0.318. The first-order valence-corrected chi connectivity index (χ1v) is 7.30. The minimum absolute atomic E-state index is 0. The highest BCUT2D eigenvalue weighted by Gasteiger charge is 2.09. The number of alkyl halides is 2. The molecule has 0 bridgehead atoms. The van der Waals surface area contributed by atoms with Gasteiger partial charge in [-0.15, -0.1) is 24.0 Å². The van der Waals surface area contributed by atoms with Crippen molar-refractivity contribution in [2.24, 2.45) is 4.99 Å². The largest absolute Gasteiger partial charge is 0.434 e. The molecule has 136 valence electrons. The molecule has 0 saturated carbocycles. The zero-order chi connectivity index (χ0) is 17.1. The first-order valence-electron chi connectivity index (χ1n) is 7.30. The molecule has 0 saturated heterocycles. The smallest absolute Gasteiger partial charge is 0.387 e. The van der Waals surface area contributed by atoms with Crippen molar-refractivity contribution >= 4 is 35.8 Å². The van der Waals surface area contributed by atoms with Gasteiger partial charge in [0.05, 0.1) is 6.54 Å². The first kappa shape index (κ1) is 22.4. The van der Waals surface area contributed by atoms with Crippen molar-refractivity contribution in [3.05, 3.63) is 29.8 Å². The van der Waals surface area contributed by atoms with Gasteiger partial charge in [0.1, 0.15) is 5.75 Å². The van der Waals surface area contributed by atoms with Crippen LogP contribution in [0.25, 0.3) is 0 Å². The third-order valence-electron chi connectivity index (χ3n) is 2.85. The number of benzene rings is 1. The summed E-state index contributed by atoms with van der Waals surface area (Å²) in [6.45, 7) is 0.0160. The van der Waals surface area contributed by atoms with Crippen LogP contribution in [0.15, 0.2) is 29.3 Å². The average molecular weight is 456 g/mol. The summed E-state index contributed by atoms with van der Waals surface area (Å²) in [7, 11) is 1.56. The number of carbonyl (C=O) groups excluding carboxylic acids is 1. The fraction of sp³-hybridized carbons (Fsp3) is 0.467. The monoisotopic (exact) mass is 456 g/mol. The molecule has 0 atom stereocenters. The molecule has 6 nitrogen and oxygen atoms in total. The summed E-state index contributed by atoms with van der Waals surface area (Å²) < 4.78 is 29.2. The summed E-state index contributed by atoms with van der Waals surface area (Å²) >= 11 is 0. The molecule has 9 heteroatoms. The fourth-order valence-corrected chi connectivity index (χ4v) is 1.75. The summed E-state index contributed by atoms with van der Waals surface area (Å²) in [6.07, 6.45) is 0.861. The van der Waals surface area contributed by atoms with E-state index in [2.05, 4.69) is 25.7 Å². The number of carbonyl (C=O) groups is 1. The lowest BCUT2D eigenvalue weighted by atomic mass is 10.2. The van der Waals surface area contributed by atoms with Crippen molar-refractivity contribution in [3.63, 3.8) is 0 Å². The number of aliphatic imine (C=N–C) groups is 1. The molecule has 3 N–H and O–H groups in total. The highest BCUT2D eigenvalue weighted by molar-refractivity contribution is 14.0. The molecule has 0 aromatic heterocycles. The van der Waals surface area contributed by atoms with E-state index in [0.717, 1.165) is 6.42 Å². The number of ether oxygens (including phenoxy) is 1. The molecule has 0 aliphatic rings. The van der Waals surface area contributed by atoms with Gasteiger partial charge in [-0.05, 0) is 12.5 Å². The van der Waals surface area contributed by atoms with Crippen molar-refractivity contribution in [3.8, 4) is 5.75 Å². The third kappa shape index (κ3) is 8.85. The van der Waals surface area contributed by atoms with E-state index in [-0.39, 0.29) is 48.7 Å². The van der Waals surface area contributed by atoms with Crippen LogP contribution in [0.4, 0.5) is 8.78 Å². The van der Waals surface area contributed by atoms with E-state index in [1.54, 1.807) is 25.2 Å². The van der Waals surface area contributed by atoms with Crippen molar-refractivity contribution < 1.29 is 18.3 Å². The number of guanidine groups is 1. The number of amides is 1. The van der Waals surface area contributed by atoms with Crippen LogP contribution in [0.5, 0.6) is 5.75 Å². The molecule has 0 unspecified atom stereocenters. The molecule has 0 aliphatic carbocycles. The predicted octanol–water partition coefficient (Wildman–Crippen LogP) is 2.10. The normalized spacial score (nSPS) is 10.8. The van der Waals surface area contributed by atoms with Crippen LogP contribution in [-0.4, -0.2) is 38.6 Å². The molecule has 0 heterocycles. The maximum Gasteiger partial charge on any atom is 0.387 e. The van der Waals surface area contributed by atoms with Crippen LogP contribution in [-0.2, 0) is 11.3 Å². The SMILES string of the molecule is CCCNC(=O)CNC(=NC)NCc1ccccc1OC(F)F.I. The maximum atomic E-state index is 12.4. The first-order chi connectivity index (χ1) is 11.1. The van der Waals surface area contributed by atoms with Gasteiger partial charge in [-0.3, -0.25) is 9.79 Å². The molecule has 0 fully saturated rings. The van der Waals surface area contributed by atoms with Gasteiger partial charge >= 0.3 is 6.61 Å². The molecular formula is C15H23F2IN4O2. The Labute approximate surface area is 157 Å². The Morgan fingerprint density at radius 3 is 2.58 bits per heavy atom. The van der Waals surface area contributed by atoms with Crippen LogP contribution in [0.2, 0.25) is 0 Å². The van der Waals surface area contributed by atoms with Gasteiger partial charge in [0.25, 0.3) is 0 Å². The summed E-state index contributed by atoms with van der Waals surface area (Å²) in [4.78, 5) is 15.5. The summed E-state index contributed by atoms with van der Waals surface area (Å²) in [6, 6.07) is 6.49. The highest BCUT2D eigenvalue weighted by atomic mass is 127. The Morgan fingerprint density at radius 1 is 1.25 bits per heavy atom. The second-order valence-corrected chi connectivity index (χ2v) is 4.62. The number of hydrogen-bond acceptors (Lipinski definition) is 3. The van der Waals surface area contributed by atoms with Gasteiger partial charge < -0.3 is 20.7 Å². The Balaban J connectivity index is 0.00000529. The molecule has 0 aliphatic heterocycles. The molecule has 1 aromatic carbocycles. The minimum Gasteiger partial charge on any atom is -0.434 e. The van der Waals surface area contributed by atoms with Crippen LogP contribution in [0, 0.1) is 0 Å². The van der Waals surface area contributed by atoms with E-state index < -0.39 is 6.61 Å². The second kappa shape index (κ2) is 12.7. The number of halogens is 3. The second-order valence-electron chi connectivity index (χ2n) is 4.62. The number of nitrogens with zero attached hydrogens (tertiary/aromatic N) is 1. The van der Waals surface area contributed by atoms with Crippen molar-refractivity contribution in [2.45, 2.75) is 26.5 Å².